The number of nitrogens with zero attached hydrogens (tertiary/aromatic N) is 6. The molecule has 0 spiro atoms. The number of rotatable bonds is 4. The summed E-state index contributed by atoms with van der Waals surface area (Å²) in [6.45, 7) is 4.28. The van der Waals surface area contributed by atoms with Crippen LogP contribution in [-0.2, 0) is 7.05 Å². The van der Waals surface area contributed by atoms with Crippen LogP contribution in [-0.4, -0.2) is 51.4 Å². The molecule has 0 aliphatic carbocycles. The normalized spacial score (nSPS) is 16.6. The molecular formula is C15H22N6S. The van der Waals surface area contributed by atoms with Gasteiger partial charge in [-0.05, 0) is 6.92 Å². The minimum absolute atomic E-state index is 0.216. The number of hydrogen-bond acceptors (Lipinski definition) is 6. The molecule has 0 amide bonds. The third-order valence-electron chi connectivity index (χ3n) is 4.12. The zero-order valence-electron chi connectivity index (χ0n) is 13.3. The highest BCUT2D eigenvalue weighted by Gasteiger charge is 2.18. The molecule has 0 aromatic carbocycles. The summed E-state index contributed by atoms with van der Waals surface area (Å²) in [5, 5.41) is 4.25. The maximum atomic E-state index is 4.44. The van der Waals surface area contributed by atoms with Crippen molar-refractivity contribution in [1.82, 2.24) is 19.7 Å². The van der Waals surface area contributed by atoms with Gasteiger partial charge in [0.15, 0.2) is 0 Å². The first kappa shape index (κ1) is 15.1. The van der Waals surface area contributed by atoms with Crippen molar-refractivity contribution in [2.75, 3.05) is 41.4 Å². The number of anilines is 2. The molecule has 0 N–H and O–H groups in total. The molecule has 3 heterocycles. The molecule has 2 aromatic rings. The Kier molecular flexibility index (Phi) is 4.52. The second-order valence-corrected chi connectivity index (χ2v) is 6.79. The monoisotopic (exact) mass is 318 g/mol. The number of aromatic nitrogens is 4. The van der Waals surface area contributed by atoms with Crippen LogP contribution in [0.1, 0.15) is 18.5 Å². The lowest BCUT2D eigenvalue weighted by Gasteiger charge is -2.29. The van der Waals surface area contributed by atoms with E-state index in [1.807, 2.05) is 35.9 Å². The van der Waals surface area contributed by atoms with Crippen molar-refractivity contribution in [2.24, 2.45) is 7.05 Å². The van der Waals surface area contributed by atoms with Gasteiger partial charge in [-0.15, -0.1) is 0 Å². The molecule has 1 atom stereocenters. The zero-order chi connectivity index (χ0) is 15.5. The average Bonchev–Trinajstić information content (AvgIpc) is 3.01. The van der Waals surface area contributed by atoms with E-state index in [0.717, 1.165) is 24.7 Å². The van der Waals surface area contributed by atoms with Crippen molar-refractivity contribution in [3.8, 4) is 0 Å². The summed E-state index contributed by atoms with van der Waals surface area (Å²) in [4.78, 5) is 13.4. The summed E-state index contributed by atoms with van der Waals surface area (Å²) in [5.74, 6) is 4.30. The van der Waals surface area contributed by atoms with Gasteiger partial charge in [0.25, 0.3) is 0 Å². The van der Waals surface area contributed by atoms with Crippen molar-refractivity contribution in [2.45, 2.75) is 13.0 Å². The van der Waals surface area contributed by atoms with Crippen LogP contribution < -0.4 is 9.80 Å². The van der Waals surface area contributed by atoms with Crippen LogP contribution in [0, 0.1) is 0 Å². The number of hydrogen-bond donors (Lipinski definition) is 0. The fourth-order valence-electron chi connectivity index (χ4n) is 2.57. The van der Waals surface area contributed by atoms with E-state index in [-0.39, 0.29) is 6.04 Å². The molecule has 1 saturated heterocycles. The molecule has 0 radical (unpaired) electrons. The van der Waals surface area contributed by atoms with Crippen molar-refractivity contribution in [1.29, 1.82) is 0 Å². The van der Waals surface area contributed by atoms with Crippen LogP contribution in [0.15, 0.2) is 24.8 Å². The molecule has 0 unspecified atom stereocenters. The maximum Gasteiger partial charge on any atom is 0.134 e. The predicted molar refractivity (Wildman–Crippen MR) is 91.6 cm³/mol. The van der Waals surface area contributed by atoms with Crippen LogP contribution >= 0.6 is 11.8 Å². The second-order valence-electron chi connectivity index (χ2n) is 5.57. The van der Waals surface area contributed by atoms with Gasteiger partial charge in [0.2, 0.25) is 0 Å². The Morgan fingerprint density at radius 2 is 2.05 bits per heavy atom. The lowest BCUT2D eigenvalue weighted by atomic mass is 10.1. The molecule has 3 rings (SSSR count). The van der Waals surface area contributed by atoms with E-state index in [9.17, 15) is 0 Å². The summed E-state index contributed by atoms with van der Waals surface area (Å²) in [6.07, 6.45) is 5.62. The van der Waals surface area contributed by atoms with Gasteiger partial charge in [-0.25, -0.2) is 9.97 Å². The Labute approximate surface area is 135 Å². The lowest BCUT2D eigenvalue weighted by molar-refractivity contribution is 0.720. The first-order valence-corrected chi connectivity index (χ1v) is 8.67. The Morgan fingerprint density at radius 1 is 1.27 bits per heavy atom. The molecule has 22 heavy (non-hydrogen) atoms. The van der Waals surface area contributed by atoms with Gasteiger partial charge in [0.1, 0.15) is 18.0 Å². The standard InChI is InChI=1S/C15H22N6S/c1-12(13-9-18-19(2)10-13)20(3)14-8-15(17-11-16-14)21-4-6-22-7-5-21/h8-12H,4-7H2,1-3H3/t12-/m1/s1. The molecule has 0 saturated carbocycles. The lowest BCUT2D eigenvalue weighted by Crippen LogP contribution is -2.33. The molecule has 6 nitrogen and oxygen atoms in total. The fourth-order valence-corrected chi connectivity index (χ4v) is 3.48. The molecule has 118 valence electrons. The molecule has 1 aliphatic heterocycles. The van der Waals surface area contributed by atoms with E-state index in [4.69, 9.17) is 0 Å². The van der Waals surface area contributed by atoms with Gasteiger partial charge in [0, 0.05) is 56.5 Å². The maximum absolute atomic E-state index is 4.44. The highest BCUT2D eigenvalue weighted by atomic mass is 32.2. The van der Waals surface area contributed by atoms with E-state index in [1.165, 1.54) is 17.1 Å². The van der Waals surface area contributed by atoms with E-state index in [2.05, 4.69) is 44.9 Å². The molecule has 2 aromatic heterocycles. The van der Waals surface area contributed by atoms with Gasteiger partial charge in [-0.1, -0.05) is 0 Å². The van der Waals surface area contributed by atoms with Crippen molar-refractivity contribution < 1.29 is 0 Å². The molecule has 0 bridgehead atoms. The Bertz CT molecular complexity index is 622. The third-order valence-corrected chi connectivity index (χ3v) is 5.07. The van der Waals surface area contributed by atoms with E-state index >= 15 is 0 Å². The SMILES string of the molecule is C[C@H](c1cnn(C)c1)N(C)c1cc(N2CCSCC2)ncn1. The zero-order valence-corrected chi connectivity index (χ0v) is 14.1. The minimum atomic E-state index is 0.216. The number of thioether (sulfide) groups is 1. The van der Waals surface area contributed by atoms with Gasteiger partial charge in [0.05, 0.1) is 12.2 Å². The van der Waals surface area contributed by atoms with E-state index in [1.54, 1.807) is 6.33 Å². The van der Waals surface area contributed by atoms with Crippen LogP contribution in [0.25, 0.3) is 0 Å². The van der Waals surface area contributed by atoms with E-state index in [0.29, 0.717) is 0 Å². The molecule has 1 aliphatic rings. The molecular weight excluding hydrogens is 296 g/mol. The Balaban J connectivity index is 1.78. The molecule has 1 fully saturated rings. The van der Waals surface area contributed by atoms with Crippen molar-refractivity contribution >= 4 is 23.4 Å². The average molecular weight is 318 g/mol. The van der Waals surface area contributed by atoms with Gasteiger partial charge >= 0.3 is 0 Å². The van der Waals surface area contributed by atoms with Crippen molar-refractivity contribution in [3.05, 3.63) is 30.4 Å². The van der Waals surface area contributed by atoms with Crippen LogP contribution in [0.5, 0.6) is 0 Å². The first-order valence-electron chi connectivity index (χ1n) is 7.51. The van der Waals surface area contributed by atoms with Gasteiger partial charge < -0.3 is 9.80 Å². The molecule has 7 heteroatoms. The summed E-state index contributed by atoms with van der Waals surface area (Å²) < 4.78 is 1.83. The number of aryl methyl sites for hydroxylation is 1. The summed E-state index contributed by atoms with van der Waals surface area (Å²) in [5.41, 5.74) is 1.18. The van der Waals surface area contributed by atoms with Gasteiger partial charge in [-0.3, -0.25) is 4.68 Å². The summed E-state index contributed by atoms with van der Waals surface area (Å²) >= 11 is 2.00. The predicted octanol–water partition coefficient (Wildman–Crippen LogP) is 1.96. The Hall–Kier alpha value is -1.76. The quantitative estimate of drug-likeness (QED) is 0.859. The van der Waals surface area contributed by atoms with E-state index < -0.39 is 0 Å². The minimum Gasteiger partial charge on any atom is -0.355 e. The first-order chi connectivity index (χ1) is 10.6. The second kappa shape index (κ2) is 6.56. The highest BCUT2D eigenvalue weighted by molar-refractivity contribution is 7.99. The smallest absolute Gasteiger partial charge is 0.134 e. The topological polar surface area (TPSA) is 50.1 Å². The van der Waals surface area contributed by atoms with Crippen LogP contribution in [0.3, 0.4) is 0 Å². The fraction of sp³-hybridized carbons (Fsp3) is 0.533. The van der Waals surface area contributed by atoms with Crippen LogP contribution in [0.2, 0.25) is 0 Å². The Morgan fingerprint density at radius 3 is 2.73 bits per heavy atom. The van der Waals surface area contributed by atoms with Gasteiger partial charge in [-0.2, -0.15) is 16.9 Å². The van der Waals surface area contributed by atoms with Crippen LogP contribution in [0.4, 0.5) is 11.6 Å². The largest absolute Gasteiger partial charge is 0.355 e. The summed E-state index contributed by atoms with van der Waals surface area (Å²) in [6, 6.07) is 2.30. The highest BCUT2D eigenvalue weighted by Crippen LogP contribution is 2.26. The summed E-state index contributed by atoms with van der Waals surface area (Å²) in [7, 11) is 4.00. The van der Waals surface area contributed by atoms with Crippen molar-refractivity contribution in [3.63, 3.8) is 0 Å². The third kappa shape index (κ3) is 3.19.